The summed E-state index contributed by atoms with van der Waals surface area (Å²) in [6.07, 6.45) is 2.47. The van der Waals surface area contributed by atoms with Crippen LogP contribution in [0.3, 0.4) is 0 Å². The number of amides is 1. The molecule has 23 heavy (non-hydrogen) atoms. The number of pyridine rings is 1. The Labute approximate surface area is 149 Å². The Morgan fingerprint density at radius 1 is 1.09 bits per heavy atom. The van der Waals surface area contributed by atoms with E-state index in [0.29, 0.717) is 25.3 Å². The fraction of sp³-hybridized carbons (Fsp3) is 0.294. The third-order valence-corrected chi connectivity index (χ3v) is 3.41. The number of carbonyl (C=O) groups excluding carboxylic acids is 1. The van der Waals surface area contributed by atoms with Crippen LogP contribution >= 0.6 is 24.8 Å². The number of nitrogens with two attached hydrogens (primary N) is 1. The van der Waals surface area contributed by atoms with Gasteiger partial charge in [-0.1, -0.05) is 36.4 Å². The summed E-state index contributed by atoms with van der Waals surface area (Å²) in [4.78, 5) is 18.6. The first-order valence-corrected chi connectivity index (χ1v) is 7.17. The summed E-state index contributed by atoms with van der Waals surface area (Å²) in [5.41, 5.74) is 8.26. The van der Waals surface area contributed by atoms with Gasteiger partial charge in [-0.15, -0.1) is 24.8 Å². The Kier molecular flexibility index (Phi) is 10.2. The molecule has 0 fully saturated rings. The van der Waals surface area contributed by atoms with E-state index in [1.807, 2.05) is 37.3 Å². The van der Waals surface area contributed by atoms with Crippen molar-refractivity contribution in [3.8, 4) is 0 Å². The molecule has 0 saturated carbocycles. The number of benzene rings is 1. The molecule has 6 heteroatoms. The van der Waals surface area contributed by atoms with Crippen LogP contribution in [0.4, 0.5) is 0 Å². The van der Waals surface area contributed by atoms with Gasteiger partial charge in [0.15, 0.2) is 0 Å². The molecule has 2 N–H and O–H groups in total. The third kappa shape index (κ3) is 6.18. The van der Waals surface area contributed by atoms with E-state index in [9.17, 15) is 4.79 Å². The summed E-state index contributed by atoms with van der Waals surface area (Å²) in [6.45, 7) is 3.54. The summed E-state index contributed by atoms with van der Waals surface area (Å²) in [7, 11) is 0. The van der Waals surface area contributed by atoms with E-state index >= 15 is 0 Å². The SMILES string of the molecule is Cc1cccnc1C(=O)N(CCN)CCc1ccccc1.Cl.Cl. The highest BCUT2D eigenvalue weighted by molar-refractivity contribution is 5.93. The highest BCUT2D eigenvalue weighted by Gasteiger charge is 2.17. The molecular weight excluding hydrogens is 333 g/mol. The van der Waals surface area contributed by atoms with Gasteiger partial charge in [0.2, 0.25) is 0 Å². The van der Waals surface area contributed by atoms with Gasteiger partial charge in [-0.25, -0.2) is 0 Å². The molecule has 0 radical (unpaired) electrons. The lowest BCUT2D eigenvalue weighted by Gasteiger charge is -2.22. The van der Waals surface area contributed by atoms with Crippen LogP contribution in [0.5, 0.6) is 0 Å². The molecule has 0 aliphatic rings. The molecule has 0 saturated heterocycles. The van der Waals surface area contributed by atoms with Crippen LogP contribution in [0.1, 0.15) is 21.6 Å². The predicted molar refractivity (Wildman–Crippen MR) is 98.6 cm³/mol. The molecule has 0 aliphatic heterocycles. The van der Waals surface area contributed by atoms with Crippen molar-refractivity contribution >= 4 is 30.7 Å². The molecule has 0 unspecified atom stereocenters. The molecule has 0 bridgehead atoms. The monoisotopic (exact) mass is 355 g/mol. The van der Waals surface area contributed by atoms with E-state index in [1.165, 1.54) is 5.56 Å². The first kappa shape index (κ1) is 21.4. The maximum Gasteiger partial charge on any atom is 0.272 e. The van der Waals surface area contributed by atoms with Gasteiger partial charge in [0.05, 0.1) is 0 Å². The lowest BCUT2D eigenvalue weighted by Crippen LogP contribution is -2.37. The zero-order chi connectivity index (χ0) is 15.1. The molecule has 2 rings (SSSR count). The van der Waals surface area contributed by atoms with Crippen LogP contribution in [0.15, 0.2) is 48.7 Å². The van der Waals surface area contributed by atoms with Gasteiger partial charge in [0, 0.05) is 25.8 Å². The fourth-order valence-corrected chi connectivity index (χ4v) is 2.24. The lowest BCUT2D eigenvalue weighted by molar-refractivity contribution is 0.0755. The van der Waals surface area contributed by atoms with Gasteiger partial charge in [0.1, 0.15) is 5.69 Å². The Morgan fingerprint density at radius 3 is 2.39 bits per heavy atom. The van der Waals surface area contributed by atoms with Crippen molar-refractivity contribution in [2.24, 2.45) is 5.73 Å². The molecular formula is C17H23Cl2N3O. The molecule has 126 valence electrons. The first-order chi connectivity index (χ1) is 10.2. The lowest BCUT2D eigenvalue weighted by atomic mass is 10.1. The summed E-state index contributed by atoms with van der Waals surface area (Å²) in [5.74, 6) is -0.0468. The van der Waals surface area contributed by atoms with E-state index in [4.69, 9.17) is 5.73 Å². The third-order valence-electron chi connectivity index (χ3n) is 3.41. The average molecular weight is 356 g/mol. The second kappa shape index (κ2) is 11.0. The van der Waals surface area contributed by atoms with Gasteiger partial charge in [-0.2, -0.15) is 0 Å². The number of nitrogens with zero attached hydrogens (tertiary/aromatic N) is 2. The Hall–Kier alpha value is -1.62. The predicted octanol–water partition coefficient (Wildman–Crippen LogP) is 2.88. The van der Waals surface area contributed by atoms with Crippen LogP contribution in [-0.2, 0) is 6.42 Å². The Morgan fingerprint density at radius 2 is 1.78 bits per heavy atom. The summed E-state index contributed by atoms with van der Waals surface area (Å²) in [5, 5.41) is 0. The zero-order valence-electron chi connectivity index (χ0n) is 13.1. The smallest absolute Gasteiger partial charge is 0.272 e. The summed E-state index contributed by atoms with van der Waals surface area (Å²) < 4.78 is 0. The molecule has 2 aromatic rings. The molecule has 1 aromatic carbocycles. The van der Waals surface area contributed by atoms with Gasteiger partial charge in [-0.3, -0.25) is 9.78 Å². The zero-order valence-corrected chi connectivity index (χ0v) is 14.8. The van der Waals surface area contributed by atoms with Crippen molar-refractivity contribution in [1.29, 1.82) is 0 Å². The molecule has 0 spiro atoms. The van der Waals surface area contributed by atoms with Crippen LogP contribution in [0, 0.1) is 6.92 Å². The standard InChI is InChI=1S/C17H21N3O.2ClH/c1-14-6-5-11-19-16(14)17(21)20(13-10-18)12-9-15-7-3-2-4-8-15;;/h2-8,11H,9-10,12-13,18H2,1H3;2*1H. The number of aryl methyl sites for hydroxylation is 1. The van der Waals surface area contributed by atoms with Crippen LogP contribution in [0.2, 0.25) is 0 Å². The molecule has 1 aromatic heterocycles. The summed E-state index contributed by atoms with van der Waals surface area (Å²) >= 11 is 0. The first-order valence-electron chi connectivity index (χ1n) is 7.17. The number of aromatic nitrogens is 1. The minimum absolute atomic E-state index is 0. The maximum absolute atomic E-state index is 12.6. The molecule has 4 nitrogen and oxygen atoms in total. The number of hydrogen-bond donors (Lipinski definition) is 1. The van der Waals surface area contributed by atoms with Crippen molar-refractivity contribution in [2.75, 3.05) is 19.6 Å². The molecule has 1 heterocycles. The Bertz CT molecular complexity index is 593. The average Bonchev–Trinajstić information content (AvgIpc) is 2.52. The normalized spacial score (nSPS) is 9.48. The highest BCUT2D eigenvalue weighted by atomic mass is 35.5. The minimum Gasteiger partial charge on any atom is -0.336 e. The molecule has 0 aliphatic carbocycles. The minimum atomic E-state index is -0.0468. The van der Waals surface area contributed by atoms with E-state index in [-0.39, 0.29) is 30.7 Å². The number of hydrogen-bond acceptors (Lipinski definition) is 3. The number of rotatable bonds is 6. The summed E-state index contributed by atoms with van der Waals surface area (Å²) in [6, 6.07) is 13.9. The number of carbonyl (C=O) groups is 1. The van der Waals surface area contributed by atoms with Crippen molar-refractivity contribution < 1.29 is 4.79 Å². The van der Waals surface area contributed by atoms with E-state index in [2.05, 4.69) is 17.1 Å². The van der Waals surface area contributed by atoms with Gasteiger partial charge in [-0.05, 0) is 30.5 Å². The van der Waals surface area contributed by atoms with Gasteiger partial charge < -0.3 is 10.6 Å². The van der Waals surface area contributed by atoms with Gasteiger partial charge >= 0.3 is 0 Å². The highest BCUT2D eigenvalue weighted by Crippen LogP contribution is 2.09. The van der Waals surface area contributed by atoms with E-state index in [0.717, 1.165) is 12.0 Å². The second-order valence-electron chi connectivity index (χ2n) is 4.99. The quantitative estimate of drug-likeness (QED) is 0.866. The van der Waals surface area contributed by atoms with E-state index in [1.54, 1.807) is 11.1 Å². The molecule has 1 amide bonds. The van der Waals surface area contributed by atoms with Crippen molar-refractivity contribution in [2.45, 2.75) is 13.3 Å². The maximum atomic E-state index is 12.6. The largest absolute Gasteiger partial charge is 0.336 e. The topological polar surface area (TPSA) is 59.2 Å². The van der Waals surface area contributed by atoms with Crippen LogP contribution in [-0.4, -0.2) is 35.4 Å². The number of halogens is 2. The van der Waals surface area contributed by atoms with E-state index < -0.39 is 0 Å². The van der Waals surface area contributed by atoms with Gasteiger partial charge in [0.25, 0.3) is 5.91 Å². The van der Waals surface area contributed by atoms with Crippen molar-refractivity contribution in [3.05, 3.63) is 65.5 Å². The van der Waals surface area contributed by atoms with Crippen LogP contribution < -0.4 is 5.73 Å². The molecule has 0 atom stereocenters. The van der Waals surface area contributed by atoms with Crippen molar-refractivity contribution in [3.63, 3.8) is 0 Å². The fourth-order valence-electron chi connectivity index (χ4n) is 2.24. The van der Waals surface area contributed by atoms with Crippen molar-refractivity contribution in [1.82, 2.24) is 9.88 Å². The second-order valence-corrected chi connectivity index (χ2v) is 4.99. The Balaban J connectivity index is 0.00000242. The van der Waals surface area contributed by atoms with Crippen LogP contribution in [0.25, 0.3) is 0 Å².